The minimum atomic E-state index is -0.630. The number of carbonyl (C=O) groups is 6. The van der Waals surface area contributed by atoms with Crippen LogP contribution in [-0.4, -0.2) is 57.0 Å². The number of ether oxygens (including phenoxy) is 3. The Hall–Kier alpha value is -6.30. The Kier molecular flexibility index (Phi) is 10.0. The third-order valence-electron chi connectivity index (χ3n) is 6.41. The fourth-order valence-electron chi connectivity index (χ4n) is 4.05. The van der Waals surface area contributed by atoms with Gasteiger partial charge in [-0.1, -0.05) is 0 Å². The van der Waals surface area contributed by atoms with Gasteiger partial charge in [-0.25, -0.2) is 14.4 Å². The van der Waals surface area contributed by atoms with E-state index in [9.17, 15) is 28.8 Å². The van der Waals surface area contributed by atoms with Crippen molar-refractivity contribution >= 4 is 52.7 Å². The monoisotopic (exact) mass is 609 g/mol. The van der Waals surface area contributed by atoms with Crippen molar-refractivity contribution in [1.29, 1.82) is 0 Å². The van der Waals surface area contributed by atoms with Crippen LogP contribution in [0.2, 0.25) is 0 Å². The number of nitrogens with one attached hydrogen (secondary N) is 3. The molecule has 45 heavy (non-hydrogen) atoms. The largest absolute Gasteiger partial charge is 0.465 e. The summed E-state index contributed by atoms with van der Waals surface area (Å²) in [5, 5.41) is 8.03. The molecule has 3 amide bonds. The third-order valence-corrected chi connectivity index (χ3v) is 6.41. The summed E-state index contributed by atoms with van der Waals surface area (Å²) in [6, 6.07) is 21.8. The van der Waals surface area contributed by atoms with Gasteiger partial charge in [0.15, 0.2) is 0 Å². The van der Waals surface area contributed by atoms with E-state index >= 15 is 0 Å². The second kappa shape index (κ2) is 14.2. The second-order valence-corrected chi connectivity index (χ2v) is 9.37. The Bertz CT molecular complexity index is 1540. The van der Waals surface area contributed by atoms with Crippen LogP contribution in [0.3, 0.4) is 0 Å². The molecule has 0 saturated heterocycles. The van der Waals surface area contributed by atoms with Crippen LogP contribution in [0.25, 0.3) is 0 Å². The number of hydrogen-bond acceptors (Lipinski definition) is 9. The molecular weight excluding hydrogens is 582 g/mol. The number of carbonyl (C=O) groups excluding carboxylic acids is 6. The third kappa shape index (κ3) is 7.96. The molecule has 0 aliphatic rings. The van der Waals surface area contributed by atoms with Crippen LogP contribution >= 0.6 is 0 Å². The van der Waals surface area contributed by atoms with Crippen LogP contribution in [0.5, 0.6) is 0 Å². The van der Waals surface area contributed by atoms with Gasteiger partial charge in [0.1, 0.15) is 0 Å². The summed E-state index contributed by atoms with van der Waals surface area (Å²) in [5.41, 5.74) is 1.89. The summed E-state index contributed by atoms with van der Waals surface area (Å²) >= 11 is 0. The lowest BCUT2D eigenvalue weighted by Crippen LogP contribution is -2.19. The SMILES string of the molecule is COC(=O)c1ccc(NC(=O)c2cc(C(=O)Nc3ccc(C(=O)OC)cc3)cc(C(=O)Nc3ccc(C(=O)OC)cc3)c2)cc1. The highest BCUT2D eigenvalue weighted by molar-refractivity contribution is 6.13. The topological polar surface area (TPSA) is 166 Å². The maximum absolute atomic E-state index is 13.3. The Morgan fingerprint density at radius 3 is 0.800 bits per heavy atom. The van der Waals surface area contributed by atoms with Crippen LogP contribution in [0.1, 0.15) is 62.1 Å². The number of amides is 3. The van der Waals surface area contributed by atoms with Gasteiger partial charge >= 0.3 is 17.9 Å². The minimum absolute atomic E-state index is 0.00748. The Morgan fingerprint density at radius 2 is 0.600 bits per heavy atom. The number of benzene rings is 4. The molecular formula is C33H27N3O9. The first kappa shape index (κ1) is 31.6. The molecule has 0 aliphatic carbocycles. The average molecular weight is 610 g/mol. The molecule has 0 spiro atoms. The Labute approximate surface area is 257 Å². The molecule has 228 valence electrons. The zero-order valence-corrected chi connectivity index (χ0v) is 24.3. The molecule has 0 bridgehead atoms. The van der Waals surface area contributed by atoms with E-state index in [2.05, 4.69) is 30.2 Å². The van der Waals surface area contributed by atoms with E-state index in [0.29, 0.717) is 17.1 Å². The van der Waals surface area contributed by atoms with Crippen LogP contribution in [0.15, 0.2) is 91.0 Å². The van der Waals surface area contributed by atoms with E-state index in [-0.39, 0.29) is 33.4 Å². The van der Waals surface area contributed by atoms with Gasteiger partial charge in [0.05, 0.1) is 38.0 Å². The smallest absolute Gasteiger partial charge is 0.337 e. The quantitative estimate of drug-likeness (QED) is 0.178. The van der Waals surface area contributed by atoms with Crippen molar-refractivity contribution in [3.05, 3.63) is 124 Å². The first-order valence-corrected chi connectivity index (χ1v) is 13.3. The van der Waals surface area contributed by atoms with Crippen molar-refractivity contribution in [2.45, 2.75) is 0 Å². The first-order valence-electron chi connectivity index (χ1n) is 13.3. The second-order valence-electron chi connectivity index (χ2n) is 9.37. The molecule has 0 saturated carbocycles. The molecule has 0 radical (unpaired) electrons. The average Bonchev–Trinajstić information content (AvgIpc) is 3.07. The zero-order chi connectivity index (χ0) is 32.5. The Balaban J connectivity index is 1.61. The van der Waals surface area contributed by atoms with Gasteiger partial charge in [0.25, 0.3) is 17.7 Å². The molecule has 0 aliphatic heterocycles. The zero-order valence-electron chi connectivity index (χ0n) is 24.3. The van der Waals surface area contributed by atoms with Crippen molar-refractivity contribution in [1.82, 2.24) is 0 Å². The lowest BCUT2D eigenvalue weighted by molar-refractivity contribution is 0.0592. The summed E-state index contributed by atoms with van der Waals surface area (Å²) in [7, 11) is 3.76. The normalized spacial score (nSPS) is 10.2. The summed E-state index contributed by atoms with van der Waals surface area (Å²) in [6.07, 6.45) is 0. The fourth-order valence-corrected chi connectivity index (χ4v) is 4.05. The highest BCUT2D eigenvalue weighted by Gasteiger charge is 2.18. The molecule has 0 aromatic heterocycles. The molecule has 4 aromatic rings. The van der Waals surface area contributed by atoms with Crippen LogP contribution in [0.4, 0.5) is 17.1 Å². The summed E-state index contributed by atoms with van der Waals surface area (Å²) in [6.45, 7) is 0. The van der Waals surface area contributed by atoms with E-state index in [0.717, 1.165) is 0 Å². The molecule has 0 unspecified atom stereocenters. The van der Waals surface area contributed by atoms with Crippen LogP contribution in [-0.2, 0) is 14.2 Å². The maximum atomic E-state index is 13.3. The number of hydrogen-bond donors (Lipinski definition) is 3. The summed E-state index contributed by atoms with van der Waals surface area (Å²) in [4.78, 5) is 75.0. The van der Waals surface area contributed by atoms with Gasteiger partial charge in [0.2, 0.25) is 0 Å². The van der Waals surface area contributed by atoms with E-state index in [4.69, 9.17) is 0 Å². The van der Waals surface area contributed by atoms with Crippen LogP contribution in [0, 0.1) is 0 Å². The van der Waals surface area contributed by atoms with Gasteiger partial charge in [-0.15, -0.1) is 0 Å². The molecule has 0 heterocycles. The number of methoxy groups -OCH3 is 3. The minimum Gasteiger partial charge on any atom is -0.465 e. The van der Waals surface area contributed by atoms with Crippen molar-refractivity contribution in [2.75, 3.05) is 37.3 Å². The first-order chi connectivity index (χ1) is 21.6. The van der Waals surface area contributed by atoms with Gasteiger partial charge < -0.3 is 30.2 Å². The molecule has 0 atom stereocenters. The Morgan fingerprint density at radius 1 is 0.378 bits per heavy atom. The standard InChI is InChI=1S/C33H27N3O9/c1-43-31(40)19-4-10-25(11-5-19)34-28(37)22-16-23(29(38)35-26-12-6-20(7-13-26)32(41)44-2)18-24(17-22)30(39)36-27-14-8-21(9-15-27)33(42)45-3/h4-18H,1-3H3,(H,34,37)(H,35,38)(H,36,39). The molecule has 12 heteroatoms. The van der Waals surface area contributed by atoms with Crippen molar-refractivity contribution < 1.29 is 43.0 Å². The number of rotatable bonds is 9. The van der Waals surface area contributed by atoms with Crippen LogP contribution < -0.4 is 16.0 Å². The van der Waals surface area contributed by atoms with Crippen molar-refractivity contribution in [3.63, 3.8) is 0 Å². The highest BCUT2D eigenvalue weighted by Crippen LogP contribution is 2.19. The van der Waals surface area contributed by atoms with E-state index < -0.39 is 35.6 Å². The molecule has 4 aromatic carbocycles. The summed E-state index contributed by atoms with van der Waals surface area (Å²) in [5.74, 6) is -3.51. The number of anilines is 3. The van der Waals surface area contributed by atoms with E-state index in [1.807, 2.05) is 0 Å². The number of esters is 3. The van der Waals surface area contributed by atoms with Gasteiger partial charge in [-0.2, -0.15) is 0 Å². The maximum Gasteiger partial charge on any atom is 0.337 e. The van der Waals surface area contributed by atoms with E-state index in [1.165, 1.54) is 112 Å². The molecule has 0 fully saturated rings. The van der Waals surface area contributed by atoms with Crippen molar-refractivity contribution in [2.24, 2.45) is 0 Å². The van der Waals surface area contributed by atoms with Gasteiger partial charge in [-0.3, -0.25) is 14.4 Å². The van der Waals surface area contributed by atoms with Crippen molar-refractivity contribution in [3.8, 4) is 0 Å². The fraction of sp³-hybridized carbons (Fsp3) is 0.0909. The lowest BCUT2D eigenvalue weighted by Gasteiger charge is -2.12. The molecule has 3 N–H and O–H groups in total. The summed E-state index contributed by atoms with van der Waals surface area (Å²) < 4.78 is 14.0. The predicted molar refractivity (Wildman–Crippen MR) is 164 cm³/mol. The molecule has 4 rings (SSSR count). The van der Waals surface area contributed by atoms with Gasteiger partial charge in [0, 0.05) is 33.8 Å². The van der Waals surface area contributed by atoms with Gasteiger partial charge in [-0.05, 0) is 91.0 Å². The lowest BCUT2D eigenvalue weighted by atomic mass is 10.0. The predicted octanol–water partition coefficient (Wildman–Crippen LogP) is 4.80. The highest BCUT2D eigenvalue weighted by atomic mass is 16.5. The van der Waals surface area contributed by atoms with E-state index in [1.54, 1.807) is 0 Å². The molecule has 12 nitrogen and oxygen atoms in total.